The van der Waals surface area contributed by atoms with Gasteiger partial charge in [0.05, 0.1) is 19.3 Å². The minimum absolute atomic E-state index is 0.130. The van der Waals surface area contributed by atoms with Crippen LogP contribution >= 0.6 is 11.6 Å². The lowest BCUT2D eigenvalue weighted by Gasteiger charge is -2.34. The van der Waals surface area contributed by atoms with E-state index in [2.05, 4.69) is 10.6 Å². The number of esters is 2. The molecule has 3 heterocycles. The van der Waals surface area contributed by atoms with Crippen LogP contribution in [0.1, 0.15) is 30.5 Å². The van der Waals surface area contributed by atoms with Crippen molar-refractivity contribution in [2.45, 2.75) is 30.3 Å². The SMILES string of the molecule is CCOC(=O)[C@H]1[C@]2(C(=O)Nc3ccccc32)[C@H](c2ccc(Cl)cc2)N[C@@]12CCOC2=O. The van der Waals surface area contributed by atoms with Gasteiger partial charge in [0.1, 0.15) is 16.9 Å². The summed E-state index contributed by atoms with van der Waals surface area (Å²) in [6, 6.07) is 13.6. The van der Waals surface area contributed by atoms with Gasteiger partial charge in [-0.25, -0.2) is 0 Å². The Morgan fingerprint density at radius 3 is 2.61 bits per heavy atom. The molecule has 3 aliphatic heterocycles. The smallest absolute Gasteiger partial charge is 0.327 e. The third-order valence-electron chi connectivity index (χ3n) is 6.62. The Bertz CT molecular complexity index is 1090. The van der Waals surface area contributed by atoms with Gasteiger partial charge in [-0.2, -0.15) is 0 Å². The van der Waals surface area contributed by atoms with Gasteiger partial charge < -0.3 is 14.8 Å². The molecule has 5 rings (SSSR count). The van der Waals surface area contributed by atoms with E-state index < -0.39 is 34.9 Å². The molecule has 0 bridgehead atoms. The maximum absolute atomic E-state index is 13.7. The first kappa shape index (κ1) is 20.0. The highest BCUT2D eigenvalue weighted by Crippen LogP contribution is 2.60. The van der Waals surface area contributed by atoms with Crippen molar-refractivity contribution in [1.29, 1.82) is 0 Å². The van der Waals surface area contributed by atoms with Gasteiger partial charge in [-0.05, 0) is 36.2 Å². The van der Waals surface area contributed by atoms with Crippen LogP contribution in [0.2, 0.25) is 5.02 Å². The Balaban J connectivity index is 1.81. The Morgan fingerprint density at radius 2 is 1.94 bits per heavy atom. The number of ether oxygens (including phenoxy) is 2. The summed E-state index contributed by atoms with van der Waals surface area (Å²) in [5.74, 6) is -2.59. The first-order chi connectivity index (χ1) is 14.9. The van der Waals surface area contributed by atoms with Gasteiger partial charge >= 0.3 is 11.9 Å². The van der Waals surface area contributed by atoms with Crippen molar-refractivity contribution in [3.63, 3.8) is 0 Å². The van der Waals surface area contributed by atoms with Gasteiger partial charge in [0.25, 0.3) is 0 Å². The number of carbonyl (C=O) groups is 3. The second kappa shape index (κ2) is 7.07. The van der Waals surface area contributed by atoms with Gasteiger partial charge in [-0.1, -0.05) is 41.9 Å². The zero-order valence-electron chi connectivity index (χ0n) is 16.8. The molecule has 0 aromatic heterocycles. The molecule has 0 unspecified atom stereocenters. The van der Waals surface area contributed by atoms with E-state index in [1.54, 1.807) is 37.3 Å². The summed E-state index contributed by atoms with van der Waals surface area (Å²) in [5.41, 5.74) is -0.749. The molecule has 3 aliphatic rings. The van der Waals surface area contributed by atoms with E-state index in [1.807, 2.05) is 18.2 Å². The average molecular weight is 441 g/mol. The standard InChI is InChI=1S/C23H21ClN2O5/c1-2-30-19(27)17-22(11-12-31-21(22)29)26-18(13-7-9-14(24)10-8-13)23(17)15-5-3-4-6-16(15)25-20(23)28/h3-10,17-18,26H,2,11-12H2,1H3,(H,25,28)/t17-,18+,22+,23+/m1/s1. The molecule has 31 heavy (non-hydrogen) atoms. The summed E-state index contributed by atoms with van der Waals surface area (Å²) in [6.07, 6.45) is 0.261. The quantitative estimate of drug-likeness (QED) is 0.713. The monoisotopic (exact) mass is 440 g/mol. The number of para-hydroxylation sites is 1. The zero-order chi connectivity index (χ0) is 21.8. The first-order valence-electron chi connectivity index (χ1n) is 10.2. The summed E-state index contributed by atoms with van der Waals surface area (Å²) < 4.78 is 10.7. The molecule has 2 N–H and O–H groups in total. The number of hydrogen-bond acceptors (Lipinski definition) is 6. The minimum atomic E-state index is -1.39. The van der Waals surface area contributed by atoms with Crippen LogP contribution in [-0.4, -0.2) is 36.6 Å². The summed E-state index contributed by atoms with van der Waals surface area (Å²) in [6.45, 7) is 1.99. The average Bonchev–Trinajstić information content (AvgIpc) is 3.37. The maximum atomic E-state index is 13.7. The van der Waals surface area contributed by atoms with E-state index in [0.717, 1.165) is 5.56 Å². The molecule has 0 aliphatic carbocycles. The summed E-state index contributed by atoms with van der Waals surface area (Å²) in [4.78, 5) is 40.2. The van der Waals surface area contributed by atoms with Crippen LogP contribution in [0.4, 0.5) is 5.69 Å². The number of halogens is 1. The van der Waals surface area contributed by atoms with Crippen molar-refractivity contribution in [3.8, 4) is 0 Å². The molecule has 8 heteroatoms. The zero-order valence-corrected chi connectivity index (χ0v) is 17.6. The molecular weight excluding hydrogens is 420 g/mol. The highest BCUT2D eigenvalue weighted by molar-refractivity contribution is 6.30. The summed E-state index contributed by atoms with van der Waals surface area (Å²) in [7, 11) is 0. The lowest BCUT2D eigenvalue weighted by Crippen LogP contribution is -2.56. The predicted octanol–water partition coefficient (Wildman–Crippen LogP) is 2.74. The van der Waals surface area contributed by atoms with Gasteiger partial charge in [-0.15, -0.1) is 0 Å². The lowest BCUT2D eigenvalue weighted by atomic mass is 9.62. The predicted molar refractivity (Wildman–Crippen MR) is 113 cm³/mol. The molecule has 0 radical (unpaired) electrons. The van der Waals surface area contributed by atoms with E-state index in [0.29, 0.717) is 16.3 Å². The summed E-state index contributed by atoms with van der Waals surface area (Å²) >= 11 is 6.10. The van der Waals surface area contributed by atoms with E-state index in [9.17, 15) is 14.4 Å². The number of benzene rings is 2. The second-order valence-corrected chi connectivity index (χ2v) is 8.48. The normalized spacial score (nSPS) is 31.0. The molecule has 2 aromatic rings. The fourth-order valence-electron chi connectivity index (χ4n) is 5.43. The molecule has 2 aromatic carbocycles. The third kappa shape index (κ3) is 2.60. The van der Waals surface area contributed by atoms with Gasteiger partial charge in [0.2, 0.25) is 5.91 Å². The fourth-order valence-corrected chi connectivity index (χ4v) is 5.55. The largest absolute Gasteiger partial charge is 0.466 e. The van der Waals surface area contributed by atoms with Crippen LogP contribution in [0, 0.1) is 5.92 Å². The number of nitrogens with one attached hydrogen (secondary N) is 2. The number of carbonyl (C=O) groups excluding carboxylic acids is 3. The summed E-state index contributed by atoms with van der Waals surface area (Å²) in [5, 5.41) is 6.84. The van der Waals surface area contributed by atoms with E-state index in [4.69, 9.17) is 21.1 Å². The van der Waals surface area contributed by atoms with E-state index >= 15 is 0 Å². The maximum Gasteiger partial charge on any atom is 0.327 e. The van der Waals surface area contributed by atoms with Gasteiger partial charge in [0.15, 0.2) is 0 Å². The Hall–Kier alpha value is -2.90. The molecule has 7 nitrogen and oxygen atoms in total. The Morgan fingerprint density at radius 1 is 1.19 bits per heavy atom. The molecule has 2 spiro atoms. The van der Waals surface area contributed by atoms with Crippen LogP contribution in [0.5, 0.6) is 0 Å². The van der Waals surface area contributed by atoms with E-state index in [-0.39, 0.29) is 25.5 Å². The van der Waals surface area contributed by atoms with Crippen molar-refractivity contribution in [2.24, 2.45) is 5.92 Å². The highest BCUT2D eigenvalue weighted by atomic mass is 35.5. The topological polar surface area (TPSA) is 93.7 Å². The molecule has 0 saturated carbocycles. The highest BCUT2D eigenvalue weighted by Gasteiger charge is 2.75. The molecule has 160 valence electrons. The number of hydrogen-bond donors (Lipinski definition) is 2. The number of anilines is 1. The van der Waals surface area contributed by atoms with E-state index in [1.165, 1.54) is 0 Å². The van der Waals surface area contributed by atoms with Gasteiger partial charge in [-0.3, -0.25) is 19.7 Å². The lowest BCUT2D eigenvalue weighted by molar-refractivity contribution is -0.159. The van der Waals surface area contributed by atoms with Crippen molar-refractivity contribution in [2.75, 3.05) is 18.5 Å². The minimum Gasteiger partial charge on any atom is -0.466 e. The van der Waals surface area contributed by atoms with Gasteiger partial charge in [0, 0.05) is 17.1 Å². The third-order valence-corrected chi connectivity index (χ3v) is 6.87. The fraction of sp³-hybridized carbons (Fsp3) is 0.348. The van der Waals surface area contributed by atoms with Crippen molar-refractivity contribution >= 4 is 35.1 Å². The Labute approximate surface area is 184 Å². The van der Waals surface area contributed by atoms with Crippen molar-refractivity contribution < 1.29 is 23.9 Å². The molecule has 2 saturated heterocycles. The number of rotatable bonds is 3. The van der Waals surface area contributed by atoms with Crippen LogP contribution < -0.4 is 10.6 Å². The number of cyclic esters (lactones) is 1. The molecule has 1 amide bonds. The first-order valence-corrected chi connectivity index (χ1v) is 10.6. The van der Waals surface area contributed by atoms with Crippen molar-refractivity contribution in [1.82, 2.24) is 5.32 Å². The second-order valence-electron chi connectivity index (χ2n) is 8.04. The van der Waals surface area contributed by atoms with Crippen LogP contribution in [0.15, 0.2) is 48.5 Å². The Kier molecular flexibility index (Phi) is 4.57. The number of amides is 1. The van der Waals surface area contributed by atoms with Crippen molar-refractivity contribution in [3.05, 3.63) is 64.7 Å². The van der Waals surface area contributed by atoms with Crippen LogP contribution in [-0.2, 0) is 29.3 Å². The number of fused-ring (bicyclic) bond motifs is 2. The molecule has 4 atom stereocenters. The van der Waals surface area contributed by atoms with Crippen LogP contribution in [0.25, 0.3) is 0 Å². The molecule has 2 fully saturated rings. The molecular formula is C23H21ClN2O5. The van der Waals surface area contributed by atoms with Crippen LogP contribution in [0.3, 0.4) is 0 Å².